The third-order valence-electron chi connectivity index (χ3n) is 3.12. The molecule has 0 aliphatic carbocycles. The summed E-state index contributed by atoms with van der Waals surface area (Å²) in [7, 11) is 0. The lowest BCUT2D eigenvalue weighted by Crippen LogP contribution is -1.96. The number of rotatable bonds is 4. The first kappa shape index (κ1) is 14.5. The van der Waals surface area contributed by atoms with Crippen molar-refractivity contribution in [1.82, 2.24) is 4.98 Å². The number of benzene rings is 2. The van der Waals surface area contributed by atoms with E-state index >= 15 is 0 Å². The van der Waals surface area contributed by atoms with E-state index in [4.69, 9.17) is 9.52 Å². The lowest BCUT2D eigenvalue weighted by molar-refractivity contribution is 0.0698. The molecule has 0 saturated heterocycles. The molecule has 0 radical (unpaired) electrons. The molecular weight excluding hydrogens is 296 g/mol. The maximum absolute atomic E-state index is 11.1. The zero-order valence-electron chi connectivity index (χ0n) is 11.9. The van der Waals surface area contributed by atoms with Crippen LogP contribution in [0.5, 0.6) is 5.95 Å². The van der Waals surface area contributed by atoms with Gasteiger partial charge in [-0.1, -0.05) is 30.3 Å². The molecule has 0 fully saturated rings. The maximum Gasteiger partial charge on any atom is 0.337 e. The van der Waals surface area contributed by atoms with E-state index < -0.39 is 5.97 Å². The zero-order chi connectivity index (χ0) is 16.2. The van der Waals surface area contributed by atoms with Gasteiger partial charge in [-0.05, 0) is 24.3 Å². The maximum atomic E-state index is 11.1. The van der Waals surface area contributed by atoms with E-state index in [1.165, 1.54) is 12.3 Å². The molecule has 0 unspecified atom stereocenters. The fourth-order valence-corrected chi connectivity index (χ4v) is 2.01. The summed E-state index contributed by atoms with van der Waals surface area (Å²) in [6.07, 6.45) is 1.27. The van der Waals surface area contributed by atoms with E-state index in [0.717, 1.165) is 0 Å². The van der Waals surface area contributed by atoms with Crippen LogP contribution in [0.25, 0.3) is 11.5 Å². The molecule has 0 saturated carbocycles. The number of nitrogens with zero attached hydrogens (tertiary/aromatic N) is 2. The van der Waals surface area contributed by atoms with Crippen LogP contribution in [0.3, 0.4) is 0 Å². The molecule has 6 heteroatoms. The number of hydrogen-bond donors (Lipinski definition) is 2. The van der Waals surface area contributed by atoms with Crippen LogP contribution < -0.4 is 0 Å². The smallest absolute Gasteiger partial charge is 0.337 e. The summed E-state index contributed by atoms with van der Waals surface area (Å²) in [4.78, 5) is 19.4. The van der Waals surface area contributed by atoms with Gasteiger partial charge in [0.1, 0.15) is 0 Å². The van der Waals surface area contributed by atoms with Gasteiger partial charge in [0, 0.05) is 5.56 Å². The number of oxazole rings is 1. The number of para-hydroxylation sites is 1. The van der Waals surface area contributed by atoms with Crippen LogP contribution in [0.15, 0.2) is 64.0 Å². The van der Waals surface area contributed by atoms with Crippen molar-refractivity contribution < 1.29 is 19.4 Å². The number of aromatic carboxylic acids is 1. The quantitative estimate of drug-likeness (QED) is 0.719. The molecule has 3 aromatic rings. The largest absolute Gasteiger partial charge is 0.479 e. The van der Waals surface area contributed by atoms with E-state index in [9.17, 15) is 9.90 Å². The van der Waals surface area contributed by atoms with E-state index in [2.05, 4.69) is 9.98 Å². The van der Waals surface area contributed by atoms with Gasteiger partial charge in [-0.15, -0.1) is 0 Å². The molecule has 1 aromatic heterocycles. The van der Waals surface area contributed by atoms with Crippen molar-refractivity contribution in [3.8, 4) is 17.4 Å². The van der Waals surface area contributed by atoms with Gasteiger partial charge in [0.25, 0.3) is 0 Å². The third kappa shape index (κ3) is 3.11. The van der Waals surface area contributed by atoms with Gasteiger partial charge in [-0.3, -0.25) is 4.99 Å². The van der Waals surface area contributed by atoms with Crippen LogP contribution in [0.4, 0.5) is 5.69 Å². The normalized spacial score (nSPS) is 11.0. The molecule has 2 aromatic carbocycles. The minimum Gasteiger partial charge on any atom is -0.479 e. The highest BCUT2D eigenvalue weighted by atomic mass is 16.5. The van der Waals surface area contributed by atoms with E-state index in [1.54, 1.807) is 30.3 Å². The number of carboxylic acid groups (broad SMARTS) is 1. The summed E-state index contributed by atoms with van der Waals surface area (Å²) in [5.74, 6) is -1.19. The van der Waals surface area contributed by atoms with Gasteiger partial charge in [0.2, 0.25) is 5.89 Å². The van der Waals surface area contributed by atoms with E-state index in [1.807, 2.05) is 18.2 Å². The number of hydrogen-bond acceptors (Lipinski definition) is 5. The van der Waals surface area contributed by atoms with Gasteiger partial charge < -0.3 is 14.6 Å². The zero-order valence-corrected chi connectivity index (χ0v) is 11.9. The Morgan fingerprint density at radius 1 is 1.09 bits per heavy atom. The molecule has 0 aliphatic rings. The second-order valence-corrected chi connectivity index (χ2v) is 4.66. The molecule has 0 amide bonds. The summed E-state index contributed by atoms with van der Waals surface area (Å²) in [6, 6.07) is 15.4. The van der Waals surface area contributed by atoms with E-state index in [0.29, 0.717) is 5.56 Å². The number of aliphatic imine (C=N–C) groups is 1. The van der Waals surface area contributed by atoms with Gasteiger partial charge >= 0.3 is 11.9 Å². The summed E-state index contributed by atoms with van der Waals surface area (Å²) in [5, 5.41) is 18.9. The minimum atomic E-state index is -1.08. The van der Waals surface area contributed by atoms with Crippen LogP contribution in [0.1, 0.15) is 16.1 Å². The highest BCUT2D eigenvalue weighted by Crippen LogP contribution is 2.26. The van der Waals surface area contributed by atoms with Gasteiger partial charge in [-0.2, -0.15) is 0 Å². The van der Waals surface area contributed by atoms with Crippen LogP contribution in [-0.2, 0) is 0 Å². The topological polar surface area (TPSA) is 95.9 Å². The monoisotopic (exact) mass is 308 g/mol. The van der Waals surface area contributed by atoms with Gasteiger partial charge in [0.15, 0.2) is 5.69 Å². The lowest BCUT2D eigenvalue weighted by atomic mass is 10.2. The van der Waals surface area contributed by atoms with Crippen molar-refractivity contribution in [3.63, 3.8) is 0 Å². The Bertz CT molecular complexity index is 869. The first-order valence-electron chi connectivity index (χ1n) is 6.77. The lowest BCUT2D eigenvalue weighted by Gasteiger charge is -1.98. The Hall–Kier alpha value is -3.41. The summed E-state index contributed by atoms with van der Waals surface area (Å²) in [6.45, 7) is 0. The molecule has 114 valence electrons. The van der Waals surface area contributed by atoms with Crippen molar-refractivity contribution in [2.45, 2.75) is 0 Å². The van der Waals surface area contributed by atoms with Crippen molar-refractivity contribution in [3.05, 3.63) is 65.9 Å². The first-order valence-corrected chi connectivity index (χ1v) is 6.77. The standard InChI is InChI=1S/C17H12N2O4/c20-16(21)12-8-4-5-9-13(12)18-10-14-17(22)23-15(19-14)11-6-2-1-3-7-11/h1-10,22H,(H,20,21). The minimum absolute atomic E-state index is 0.0648. The molecule has 23 heavy (non-hydrogen) atoms. The van der Waals surface area contributed by atoms with Gasteiger partial charge in [-0.25, -0.2) is 9.78 Å². The van der Waals surface area contributed by atoms with Crippen LogP contribution in [-0.4, -0.2) is 27.4 Å². The molecule has 3 rings (SSSR count). The molecule has 0 aliphatic heterocycles. The summed E-state index contributed by atoms with van der Waals surface area (Å²) >= 11 is 0. The first-order chi connectivity index (χ1) is 11.1. The number of carboxylic acids is 1. The highest BCUT2D eigenvalue weighted by Gasteiger charge is 2.13. The molecule has 0 bridgehead atoms. The van der Waals surface area contributed by atoms with Crippen molar-refractivity contribution in [2.24, 2.45) is 4.99 Å². The molecule has 0 spiro atoms. The fourth-order valence-electron chi connectivity index (χ4n) is 2.01. The number of aromatic nitrogens is 1. The van der Waals surface area contributed by atoms with Crippen LogP contribution in [0, 0.1) is 0 Å². The number of aromatic hydroxyl groups is 1. The molecule has 2 N–H and O–H groups in total. The molecular formula is C17H12N2O4. The predicted octanol–water partition coefficient (Wildman–Crippen LogP) is 3.50. The second kappa shape index (κ2) is 6.15. The summed E-state index contributed by atoms with van der Waals surface area (Å²) in [5.41, 5.74) is 1.18. The van der Waals surface area contributed by atoms with E-state index in [-0.39, 0.29) is 28.8 Å². The predicted molar refractivity (Wildman–Crippen MR) is 84.3 cm³/mol. The SMILES string of the molecule is O=C(O)c1ccccc1N=Cc1nc(-c2ccccc2)oc1O. The van der Waals surface area contributed by atoms with Crippen molar-refractivity contribution >= 4 is 17.9 Å². The third-order valence-corrected chi connectivity index (χ3v) is 3.12. The Morgan fingerprint density at radius 3 is 2.52 bits per heavy atom. The number of carbonyl (C=O) groups is 1. The van der Waals surface area contributed by atoms with Crippen LogP contribution >= 0.6 is 0 Å². The van der Waals surface area contributed by atoms with Gasteiger partial charge in [0.05, 0.1) is 17.5 Å². The molecule has 1 heterocycles. The van der Waals surface area contributed by atoms with Crippen molar-refractivity contribution in [1.29, 1.82) is 0 Å². The highest BCUT2D eigenvalue weighted by molar-refractivity contribution is 5.95. The summed E-state index contributed by atoms with van der Waals surface area (Å²) < 4.78 is 5.20. The molecule has 6 nitrogen and oxygen atoms in total. The Kier molecular flexibility index (Phi) is 3.88. The van der Waals surface area contributed by atoms with Crippen molar-refractivity contribution in [2.75, 3.05) is 0 Å². The Labute approximate surface area is 131 Å². The Morgan fingerprint density at radius 2 is 1.78 bits per heavy atom. The molecule has 0 atom stereocenters. The fraction of sp³-hybridized carbons (Fsp3) is 0. The average molecular weight is 308 g/mol. The second-order valence-electron chi connectivity index (χ2n) is 4.66. The van der Waals surface area contributed by atoms with Crippen LogP contribution in [0.2, 0.25) is 0 Å². The Balaban J connectivity index is 1.92. The average Bonchev–Trinajstić information content (AvgIpc) is 2.95.